The molecule has 7 heteroatoms. The molecule has 2 heterocycles. The maximum absolute atomic E-state index is 12.7. The number of nitrogens with zero attached hydrogens (tertiary/aromatic N) is 4. The summed E-state index contributed by atoms with van der Waals surface area (Å²) in [6, 6.07) is 0. The summed E-state index contributed by atoms with van der Waals surface area (Å²) in [5, 5.41) is 8.68. The Balaban J connectivity index is 1.95. The smallest absolute Gasteiger partial charge is 0.235 e. The summed E-state index contributed by atoms with van der Waals surface area (Å²) in [7, 11) is 1.67. The van der Waals surface area contributed by atoms with Gasteiger partial charge in [0.05, 0.1) is 11.9 Å². The van der Waals surface area contributed by atoms with Crippen LogP contribution in [-0.2, 0) is 16.1 Å². The molecule has 0 saturated carbocycles. The van der Waals surface area contributed by atoms with Gasteiger partial charge in [-0.2, -0.15) is 0 Å². The Morgan fingerprint density at radius 1 is 1.45 bits per heavy atom. The van der Waals surface area contributed by atoms with Crippen molar-refractivity contribution in [3.05, 3.63) is 6.33 Å². The normalized spacial score (nSPS) is 23.5. The van der Waals surface area contributed by atoms with Gasteiger partial charge in [0.2, 0.25) is 5.91 Å². The van der Waals surface area contributed by atoms with Gasteiger partial charge in [-0.3, -0.25) is 4.79 Å². The lowest BCUT2D eigenvalue weighted by molar-refractivity contribution is -0.132. The largest absolute Gasteiger partial charge is 0.383 e. The molecule has 22 heavy (non-hydrogen) atoms. The van der Waals surface area contributed by atoms with Crippen LogP contribution in [0.2, 0.25) is 0 Å². The van der Waals surface area contributed by atoms with Crippen LogP contribution < -0.4 is 0 Å². The third kappa shape index (κ3) is 4.46. The lowest BCUT2D eigenvalue weighted by atomic mass is 9.92. The van der Waals surface area contributed by atoms with Crippen LogP contribution in [0.15, 0.2) is 11.5 Å². The maximum Gasteiger partial charge on any atom is 0.235 e. The van der Waals surface area contributed by atoms with Gasteiger partial charge in [-0.05, 0) is 25.2 Å². The molecule has 3 atom stereocenters. The molecule has 0 aromatic carbocycles. The number of amides is 1. The minimum absolute atomic E-state index is 0.150. The molecule has 1 aromatic heterocycles. The number of hydrogen-bond acceptors (Lipinski definition) is 5. The first kappa shape index (κ1) is 17.3. The monoisotopic (exact) mass is 326 g/mol. The minimum Gasteiger partial charge on any atom is -0.383 e. The van der Waals surface area contributed by atoms with E-state index in [0.717, 1.165) is 18.2 Å². The van der Waals surface area contributed by atoms with E-state index < -0.39 is 0 Å². The highest BCUT2D eigenvalue weighted by Gasteiger charge is 2.29. The molecule has 6 nitrogen and oxygen atoms in total. The zero-order valence-electron chi connectivity index (χ0n) is 13.9. The molecule has 0 radical (unpaired) electrons. The molecule has 0 N–H and O–H groups in total. The van der Waals surface area contributed by atoms with E-state index in [-0.39, 0.29) is 11.2 Å². The number of ether oxygens (including phenoxy) is 1. The van der Waals surface area contributed by atoms with E-state index in [0.29, 0.717) is 25.0 Å². The van der Waals surface area contributed by atoms with Crippen molar-refractivity contribution in [3.8, 4) is 0 Å². The van der Waals surface area contributed by atoms with E-state index >= 15 is 0 Å². The number of carbonyl (C=O) groups excluding carboxylic acids is 1. The number of methoxy groups -OCH3 is 1. The van der Waals surface area contributed by atoms with Crippen molar-refractivity contribution in [1.82, 2.24) is 19.7 Å². The van der Waals surface area contributed by atoms with Crippen LogP contribution in [0, 0.1) is 11.8 Å². The van der Waals surface area contributed by atoms with Crippen LogP contribution in [-0.4, -0.2) is 57.6 Å². The standard InChI is InChI=1S/C15H26N4O2S/c1-11-7-12(2)9-19(8-11)14(20)13(3)22-15-17-16-10-18(15)5-6-21-4/h10-13H,5-9H2,1-4H3. The summed E-state index contributed by atoms with van der Waals surface area (Å²) >= 11 is 1.47. The third-order valence-electron chi connectivity index (χ3n) is 3.93. The van der Waals surface area contributed by atoms with Gasteiger partial charge >= 0.3 is 0 Å². The molecule has 1 saturated heterocycles. The summed E-state index contributed by atoms with van der Waals surface area (Å²) in [5.74, 6) is 1.36. The summed E-state index contributed by atoms with van der Waals surface area (Å²) in [6.45, 7) is 9.42. The van der Waals surface area contributed by atoms with Crippen molar-refractivity contribution < 1.29 is 9.53 Å². The number of rotatable bonds is 6. The number of hydrogen-bond donors (Lipinski definition) is 0. The van der Waals surface area contributed by atoms with Crippen LogP contribution in [0.25, 0.3) is 0 Å². The maximum atomic E-state index is 12.7. The number of piperidine rings is 1. The predicted octanol–water partition coefficient (Wildman–Crippen LogP) is 1.91. The molecular formula is C15H26N4O2S. The summed E-state index contributed by atoms with van der Waals surface area (Å²) < 4.78 is 7.01. The van der Waals surface area contributed by atoms with Crippen molar-refractivity contribution in [1.29, 1.82) is 0 Å². The third-order valence-corrected chi connectivity index (χ3v) is 5.01. The Morgan fingerprint density at radius 2 is 2.14 bits per heavy atom. The summed E-state index contributed by atoms with van der Waals surface area (Å²) in [5.41, 5.74) is 0. The molecule has 1 fully saturated rings. The summed E-state index contributed by atoms with van der Waals surface area (Å²) in [4.78, 5) is 14.7. The van der Waals surface area contributed by atoms with Crippen molar-refractivity contribution in [2.45, 2.75) is 44.1 Å². The van der Waals surface area contributed by atoms with E-state index in [1.165, 1.54) is 18.2 Å². The number of thioether (sulfide) groups is 1. The SMILES string of the molecule is COCCn1cnnc1SC(C)C(=O)N1CC(C)CC(C)C1. The lowest BCUT2D eigenvalue weighted by Gasteiger charge is -2.36. The van der Waals surface area contributed by atoms with Crippen LogP contribution >= 0.6 is 11.8 Å². The van der Waals surface area contributed by atoms with Crippen LogP contribution in [0.4, 0.5) is 0 Å². The molecule has 124 valence electrons. The Hall–Kier alpha value is -1.08. The molecular weight excluding hydrogens is 300 g/mol. The highest BCUT2D eigenvalue weighted by atomic mass is 32.2. The Morgan fingerprint density at radius 3 is 2.77 bits per heavy atom. The van der Waals surface area contributed by atoms with E-state index in [1.54, 1.807) is 13.4 Å². The van der Waals surface area contributed by atoms with Crippen molar-refractivity contribution in [3.63, 3.8) is 0 Å². The minimum atomic E-state index is -0.150. The Bertz CT molecular complexity index is 484. The molecule has 1 aromatic rings. The number of likely N-dealkylation sites (tertiary alicyclic amines) is 1. The van der Waals surface area contributed by atoms with E-state index in [2.05, 4.69) is 24.0 Å². The highest BCUT2D eigenvalue weighted by Crippen LogP contribution is 2.26. The molecule has 2 rings (SSSR count). The Labute approximate surface area is 136 Å². The molecule has 1 aliphatic rings. The second kappa shape index (κ2) is 7.97. The van der Waals surface area contributed by atoms with Crippen LogP contribution in [0.3, 0.4) is 0 Å². The van der Waals surface area contributed by atoms with Gasteiger partial charge in [-0.15, -0.1) is 10.2 Å². The molecule has 1 aliphatic heterocycles. The van der Waals surface area contributed by atoms with Crippen LogP contribution in [0.5, 0.6) is 0 Å². The van der Waals surface area contributed by atoms with Gasteiger partial charge in [0.25, 0.3) is 0 Å². The second-order valence-electron chi connectivity index (χ2n) is 6.25. The molecule has 0 aliphatic carbocycles. The zero-order chi connectivity index (χ0) is 16.1. The number of carbonyl (C=O) groups is 1. The topological polar surface area (TPSA) is 60.2 Å². The van der Waals surface area contributed by atoms with Crippen molar-refractivity contribution >= 4 is 17.7 Å². The average molecular weight is 326 g/mol. The highest BCUT2D eigenvalue weighted by molar-refractivity contribution is 8.00. The first-order valence-electron chi connectivity index (χ1n) is 7.83. The van der Waals surface area contributed by atoms with Gasteiger partial charge in [-0.25, -0.2) is 0 Å². The molecule has 3 unspecified atom stereocenters. The van der Waals surface area contributed by atoms with Crippen molar-refractivity contribution in [2.24, 2.45) is 11.8 Å². The van der Waals surface area contributed by atoms with Gasteiger partial charge in [0.1, 0.15) is 6.33 Å². The van der Waals surface area contributed by atoms with Gasteiger partial charge in [0, 0.05) is 26.7 Å². The number of aromatic nitrogens is 3. The van der Waals surface area contributed by atoms with Crippen molar-refractivity contribution in [2.75, 3.05) is 26.8 Å². The molecule has 0 bridgehead atoms. The molecule has 1 amide bonds. The van der Waals surface area contributed by atoms with E-state index in [4.69, 9.17) is 4.74 Å². The lowest BCUT2D eigenvalue weighted by Crippen LogP contribution is -2.45. The average Bonchev–Trinajstić information content (AvgIpc) is 2.90. The first-order valence-corrected chi connectivity index (χ1v) is 8.71. The molecule has 0 spiro atoms. The summed E-state index contributed by atoms with van der Waals surface area (Å²) in [6.07, 6.45) is 2.89. The Kier molecular flexibility index (Phi) is 6.26. The quantitative estimate of drug-likeness (QED) is 0.747. The van der Waals surface area contributed by atoms with E-state index in [9.17, 15) is 4.79 Å². The first-order chi connectivity index (χ1) is 10.5. The van der Waals surface area contributed by atoms with Gasteiger partial charge in [-0.1, -0.05) is 25.6 Å². The van der Waals surface area contributed by atoms with E-state index in [1.807, 2.05) is 16.4 Å². The van der Waals surface area contributed by atoms with Gasteiger partial charge < -0.3 is 14.2 Å². The fourth-order valence-electron chi connectivity index (χ4n) is 2.99. The van der Waals surface area contributed by atoms with Gasteiger partial charge in [0.15, 0.2) is 5.16 Å². The zero-order valence-corrected chi connectivity index (χ0v) is 14.7. The fraction of sp³-hybridized carbons (Fsp3) is 0.800. The second-order valence-corrected chi connectivity index (χ2v) is 7.56. The predicted molar refractivity (Wildman–Crippen MR) is 86.7 cm³/mol. The fourth-order valence-corrected chi connectivity index (χ4v) is 3.92. The van der Waals surface area contributed by atoms with Crippen LogP contribution in [0.1, 0.15) is 27.2 Å².